The molecular weight excluding hydrogens is 476 g/mol. The van der Waals surface area contributed by atoms with Crippen LogP contribution < -0.4 is 10.0 Å². The average molecular weight is 501 g/mol. The first kappa shape index (κ1) is 23.2. The molecule has 0 saturated carbocycles. The van der Waals surface area contributed by atoms with E-state index in [1.54, 1.807) is 24.3 Å². The van der Waals surface area contributed by atoms with Crippen LogP contribution in [-0.2, 0) is 21.2 Å². The lowest BCUT2D eigenvalue weighted by atomic mass is 10.0. The number of benzene rings is 3. The standard InChI is InChI=1S/C24H25BrN2O3S/c1-17-11-13-22(14-12-17)31(29,30)27-23(15-19-7-4-3-5-8-19)24(28)26-18(2)20-9-6-10-21(25)16-20/h3-14,16,18,23,27H,15H2,1-2H3,(H,26,28)/t18-,23+/m0/s1. The van der Waals surface area contributed by atoms with Gasteiger partial charge < -0.3 is 5.32 Å². The molecule has 3 aromatic carbocycles. The van der Waals surface area contributed by atoms with E-state index < -0.39 is 16.1 Å². The summed E-state index contributed by atoms with van der Waals surface area (Å²) < 4.78 is 29.4. The number of amides is 1. The third-order valence-electron chi connectivity index (χ3n) is 4.94. The molecule has 3 aromatic rings. The normalized spacial score (nSPS) is 13.4. The van der Waals surface area contributed by atoms with Gasteiger partial charge in [0.25, 0.3) is 0 Å². The second-order valence-electron chi connectivity index (χ2n) is 7.46. The van der Waals surface area contributed by atoms with E-state index in [9.17, 15) is 13.2 Å². The van der Waals surface area contributed by atoms with Crippen molar-refractivity contribution in [3.63, 3.8) is 0 Å². The fourth-order valence-corrected chi connectivity index (χ4v) is 4.80. The molecule has 0 aromatic heterocycles. The van der Waals surface area contributed by atoms with Crippen molar-refractivity contribution in [1.29, 1.82) is 0 Å². The van der Waals surface area contributed by atoms with Gasteiger partial charge in [0.15, 0.2) is 0 Å². The summed E-state index contributed by atoms with van der Waals surface area (Å²) in [5, 5.41) is 2.94. The first-order valence-corrected chi connectivity index (χ1v) is 12.2. The minimum Gasteiger partial charge on any atom is -0.348 e. The monoisotopic (exact) mass is 500 g/mol. The van der Waals surface area contributed by atoms with Gasteiger partial charge in [-0.05, 0) is 55.7 Å². The molecule has 0 unspecified atom stereocenters. The van der Waals surface area contributed by atoms with Crippen LogP contribution in [0.5, 0.6) is 0 Å². The van der Waals surface area contributed by atoms with Crippen molar-refractivity contribution in [2.45, 2.75) is 37.2 Å². The van der Waals surface area contributed by atoms with E-state index in [-0.39, 0.29) is 23.3 Å². The zero-order valence-electron chi connectivity index (χ0n) is 17.4. The molecule has 0 fully saturated rings. The van der Waals surface area contributed by atoms with Gasteiger partial charge in [0.1, 0.15) is 6.04 Å². The molecule has 0 radical (unpaired) electrons. The van der Waals surface area contributed by atoms with Crippen LogP contribution in [0.1, 0.15) is 29.7 Å². The molecule has 2 atom stereocenters. The molecule has 0 saturated heterocycles. The molecular formula is C24H25BrN2O3S. The van der Waals surface area contributed by atoms with Crippen molar-refractivity contribution < 1.29 is 13.2 Å². The van der Waals surface area contributed by atoms with Crippen molar-refractivity contribution in [3.8, 4) is 0 Å². The Bertz CT molecular complexity index is 1130. The lowest BCUT2D eigenvalue weighted by Crippen LogP contribution is -2.48. The maximum atomic E-state index is 13.1. The zero-order chi connectivity index (χ0) is 22.4. The SMILES string of the molecule is Cc1ccc(S(=O)(=O)N[C@H](Cc2ccccc2)C(=O)N[C@@H](C)c2cccc(Br)c2)cc1. The van der Waals surface area contributed by atoms with Crippen LogP contribution in [-0.4, -0.2) is 20.4 Å². The molecule has 162 valence electrons. The lowest BCUT2D eigenvalue weighted by molar-refractivity contribution is -0.123. The summed E-state index contributed by atoms with van der Waals surface area (Å²) in [5.41, 5.74) is 2.74. The Labute approximate surface area is 192 Å². The molecule has 0 heterocycles. The minimum atomic E-state index is -3.87. The highest BCUT2D eigenvalue weighted by molar-refractivity contribution is 9.10. The Morgan fingerprint density at radius 3 is 2.29 bits per heavy atom. The van der Waals surface area contributed by atoms with Crippen LogP contribution in [0.3, 0.4) is 0 Å². The Morgan fingerprint density at radius 1 is 0.968 bits per heavy atom. The summed E-state index contributed by atoms with van der Waals surface area (Å²) in [4.78, 5) is 13.3. The van der Waals surface area contributed by atoms with Gasteiger partial charge in [0.05, 0.1) is 10.9 Å². The molecule has 3 rings (SSSR count). The lowest BCUT2D eigenvalue weighted by Gasteiger charge is -2.22. The number of hydrogen-bond donors (Lipinski definition) is 2. The van der Waals surface area contributed by atoms with E-state index in [0.717, 1.165) is 21.2 Å². The summed E-state index contributed by atoms with van der Waals surface area (Å²) in [6.45, 7) is 3.76. The maximum absolute atomic E-state index is 13.1. The van der Waals surface area contributed by atoms with Crippen LogP contribution in [0.4, 0.5) is 0 Å². The molecule has 0 aliphatic rings. The van der Waals surface area contributed by atoms with E-state index in [2.05, 4.69) is 26.0 Å². The van der Waals surface area contributed by atoms with Gasteiger partial charge in [-0.25, -0.2) is 8.42 Å². The van der Waals surface area contributed by atoms with Crippen molar-refractivity contribution in [3.05, 3.63) is 100 Å². The quantitative estimate of drug-likeness (QED) is 0.477. The molecule has 0 spiro atoms. The van der Waals surface area contributed by atoms with E-state index in [1.165, 1.54) is 0 Å². The number of carbonyl (C=O) groups is 1. The zero-order valence-corrected chi connectivity index (χ0v) is 19.8. The number of nitrogens with one attached hydrogen (secondary N) is 2. The molecule has 0 aliphatic heterocycles. The molecule has 0 aliphatic carbocycles. The van der Waals surface area contributed by atoms with Gasteiger partial charge in [-0.1, -0.05) is 76.1 Å². The Morgan fingerprint density at radius 2 is 1.65 bits per heavy atom. The Hall–Kier alpha value is -2.48. The average Bonchev–Trinajstić information content (AvgIpc) is 2.74. The van der Waals surface area contributed by atoms with E-state index in [1.807, 2.05) is 68.4 Å². The number of hydrogen-bond acceptors (Lipinski definition) is 3. The number of halogens is 1. The molecule has 31 heavy (non-hydrogen) atoms. The van der Waals surface area contributed by atoms with Crippen LogP contribution in [0.15, 0.2) is 88.2 Å². The molecule has 2 N–H and O–H groups in total. The fraction of sp³-hybridized carbons (Fsp3) is 0.208. The third kappa shape index (κ3) is 6.50. The van der Waals surface area contributed by atoms with Crippen LogP contribution in [0.25, 0.3) is 0 Å². The fourth-order valence-electron chi connectivity index (χ4n) is 3.18. The summed E-state index contributed by atoms with van der Waals surface area (Å²) in [6.07, 6.45) is 0.239. The summed E-state index contributed by atoms with van der Waals surface area (Å²) in [5.74, 6) is -0.382. The Balaban J connectivity index is 1.83. The van der Waals surface area contributed by atoms with Gasteiger partial charge in [-0.2, -0.15) is 4.72 Å². The van der Waals surface area contributed by atoms with Crippen molar-refractivity contribution in [1.82, 2.24) is 10.0 Å². The topological polar surface area (TPSA) is 75.3 Å². The predicted molar refractivity (Wildman–Crippen MR) is 126 cm³/mol. The molecule has 0 bridgehead atoms. The van der Waals surface area contributed by atoms with E-state index in [4.69, 9.17) is 0 Å². The third-order valence-corrected chi connectivity index (χ3v) is 6.92. The maximum Gasteiger partial charge on any atom is 0.241 e. The predicted octanol–water partition coefficient (Wildman–Crippen LogP) is 4.52. The van der Waals surface area contributed by atoms with Crippen molar-refractivity contribution in [2.24, 2.45) is 0 Å². The van der Waals surface area contributed by atoms with Gasteiger partial charge in [-0.15, -0.1) is 0 Å². The van der Waals surface area contributed by atoms with Gasteiger partial charge in [0, 0.05) is 4.47 Å². The second-order valence-corrected chi connectivity index (χ2v) is 10.1. The summed E-state index contributed by atoms with van der Waals surface area (Å²) >= 11 is 3.44. The highest BCUT2D eigenvalue weighted by atomic mass is 79.9. The van der Waals surface area contributed by atoms with E-state index in [0.29, 0.717) is 0 Å². The molecule has 1 amide bonds. The van der Waals surface area contributed by atoms with Crippen LogP contribution >= 0.6 is 15.9 Å². The second kappa shape index (κ2) is 10.2. The smallest absolute Gasteiger partial charge is 0.241 e. The van der Waals surface area contributed by atoms with Crippen molar-refractivity contribution in [2.75, 3.05) is 0 Å². The highest BCUT2D eigenvalue weighted by Crippen LogP contribution is 2.19. The largest absolute Gasteiger partial charge is 0.348 e. The number of rotatable bonds is 8. The molecule has 5 nitrogen and oxygen atoms in total. The first-order chi connectivity index (χ1) is 14.7. The number of carbonyl (C=O) groups excluding carboxylic acids is 1. The minimum absolute atomic E-state index is 0.129. The highest BCUT2D eigenvalue weighted by Gasteiger charge is 2.27. The van der Waals surface area contributed by atoms with Gasteiger partial charge in [0.2, 0.25) is 15.9 Å². The molecule has 7 heteroatoms. The van der Waals surface area contributed by atoms with Gasteiger partial charge >= 0.3 is 0 Å². The Kier molecular flexibility index (Phi) is 7.64. The number of aryl methyl sites for hydroxylation is 1. The van der Waals surface area contributed by atoms with Gasteiger partial charge in [-0.3, -0.25) is 4.79 Å². The summed E-state index contributed by atoms with van der Waals surface area (Å²) in [7, 11) is -3.87. The van der Waals surface area contributed by atoms with Crippen LogP contribution in [0.2, 0.25) is 0 Å². The number of sulfonamides is 1. The van der Waals surface area contributed by atoms with E-state index >= 15 is 0 Å². The van der Waals surface area contributed by atoms with Crippen LogP contribution in [0, 0.1) is 6.92 Å². The first-order valence-electron chi connectivity index (χ1n) is 9.93. The summed E-state index contributed by atoms with van der Waals surface area (Å²) in [6, 6.07) is 22.3. The van der Waals surface area contributed by atoms with Crippen molar-refractivity contribution >= 4 is 31.9 Å².